The highest BCUT2D eigenvalue weighted by molar-refractivity contribution is 6.35. The van der Waals surface area contributed by atoms with Gasteiger partial charge in [-0.25, -0.2) is 0 Å². The van der Waals surface area contributed by atoms with Crippen LogP contribution >= 0.6 is 11.6 Å². The number of halogens is 1. The number of nitrogens with zero attached hydrogens (tertiary/aromatic N) is 2. The molecule has 2 aromatic rings. The monoisotopic (exact) mass is 197 g/mol. The fourth-order valence-electron chi connectivity index (χ4n) is 1.20. The molecule has 0 spiro atoms. The molecule has 0 atom stereocenters. The van der Waals surface area contributed by atoms with Crippen LogP contribution in [-0.4, -0.2) is 22.3 Å². The number of rotatable bonds is 1. The summed E-state index contributed by atoms with van der Waals surface area (Å²) in [6.07, 6.45) is 0. The Labute approximate surface area is 79.9 Å². The number of methoxy groups -OCH3 is 1. The van der Waals surface area contributed by atoms with Crippen LogP contribution in [0.4, 0.5) is 0 Å². The van der Waals surface area contributed by atoms with E-state index in [2.05, 4.69) is 15.2 Å². The van der Waals surface area contributed by atoms with E-state index in [4.69, 9.17) is 16.3 Å². The number of hydrogen-bond acceptors (Lipinski definition) is 3. The Hall–Kier alpha value is -1.29. The minimum Gasteiger partial charge on any atom is -0.481 e. The third kappa shape index (κ3) is 1.23. The molecule has 1 N–H and O–H groups in total. The molecule has 4 nitrogen and oxygen atoms in total. The number of nitrogens with one attached hydrogen (secondary N) is 1. The van der Waals surface area contributed by atoms with Crippen molar-refractivity contribution < 1.29 is 4.74 Å². The predicted octanol–water partition coefficient (Wildman–Crippen LogP) is 1.93. The van der Waals surface area contributed by atoms with E-state index in [1.807, 2.05) is 6.92 Å². The normalized spacial score (nSPS) is 10.7. The minimum absolute atomic E-state index is 0.476. The lowest BCUT2D eigenvalue weighted by molar-refractivity contribution is 0.399. The Morgan fingerprint density at radius 1 is 1.54 bits per heavy atom. The molecule has 2 aromatic heterocycles. The Morgan fingerprint density at radius 3 is 3.00 bits per heavy atom. The molecule has 0 fully saturated rings. The summed E-state index contributed by atoms with van der Waals surface area (Å²) in [4.78, 5) is 4.13. The van der Waals surface area contributed by atoms with Crippen molar-refractivity contribution >= 4 is 22.6 Å². The molecule has 0 aliphatic heterocycles. The van der Waals surface area contributed by atoms with Gasteiger partial charge in [-0.1, -0.05) is 11.6 Å². The van der Waals surface area contributed by atoms with Gasteiger partial charge in [0, 0.05) is 11.8 Å². The number of hydrogen-bond donors (Lipinski definition) is 1. The Kier molecular flexibility index (Phi) is 1.84. The van der Waals surface area contributed by atoms with E-state index in [-0.39, 0.29) is 0 Å². The molecule has 13 heavy (non-hydrogen) atoms. The van der Waals surface area contributed by atoms with Crippen LogP contribution < -0.4 is 4.74 Å². The van der Waals surface area contributed by atoms with Crippen LogP contribution in [0.3, 0.4) is 0 Å². The first kappa shape index (κ1) is 8.31. The molecule has 0 saturated heterocycles. The lowest BCUT2D eigenvalue weighted by Gasteiger charge is -1.99. The molecule has 0 aromatic carbocycles. The molecule has 0 unspecified atom stereocenters. The number of aromatic amines is 1. The van der Waals surface area contributed by atoms with Gasteiger partial charge in [-0.15, -0.1) is 0 Å². The van der Waals surface area contributed by atoms with E-state index in [0.717, 1.165) is 11.1 Å². The minimum atomic E-state index is 0.476. The third-order valence-corrected chi connectivity index (χ3v) is 2.14. The van der Waals surface area contributed by atoms with Crippen molar-refractivity contribution in [3.8, 4) is 5.88 Å². The molecular weight excluding hydrogens is 190 g/mol. The fraction of sp³-hybridized carbons (Fsp3) is 0.250. The summed E-state index contributed by atoms with van der Waals surface area (Å²) in [6.45, 7) is 1.90. The quantitative estimate of drug-likeness (QED) is 0.760. The van der Waals surface area contributed by atoms with Gasteiger partial charge in [-0.3, -0.25) is 5.10 Å². The van der Waals surface area contributed by atoms with Gasteiger partial charge in [0.15, 0.2) is 5.65 Å². The predicted molar refractivity (Wildman–Crippen MR) is 50.2 cm³/mol. The van der Waals surface area contributed by atoms with Crippen LogP contribution in [-0.2, 0) is 0 Å². The molecule has 5 heteroatoms. The molecule has 0 amide bonds. The maximum atomic E-state index is 6.01. The van der Waals surface area contributed by atoms with E-state index in [1.54, 1.807) is 13.2 Å². The fourth-order valence-corrected chi connectivity index (χ4v) is 1.52. The second-order valence-corrected chi connectivity index (χ2v) is 3.10. The van der Waals surface area contributed by atoms with Gasteiger partial charge in [0.25, 0.3) is 0 Å². The van der Waals surface area contributed by atoms with Crippen molar-refractivity contribution in [3.05, 3.63) is 16.8 Å². The molecule has 68 valence electrons. The standard InChI is InChI=1S/C8H8ClN3O/c1-4-7-5(9)3-6(13-2)10-8(7)12-11-4/h3H,1-2H3,(H,10,11,12). The van der Waals surface area contributed by atoms with E-state index in [9.17, 15) is 0 Å². The smallest absolute Gasteiger partial charge is 0.216 e. The van der Waals surface area contributed by atoms with Gasteiger partial charge >= 0.3 is 0 Å². The van der Waals surface area contributed by atoms with Crippen LogP contribution in [0.2, 0.25) is 5.02 Å². The number of aromatic nitrogens is 3. The molecule has 2 rings (SSSR count). The van der Waals surface area contributed by atoms with Gasteiger partial charge in [0.1, 0.15) is 0 Å². The summed E-state index contributed by atoms with van der Waals surface area (Å²) in [7, 11) is 1.55. The SMILES string of the molecule is COc1cc(Cl)c2c(C)[nH]nc2n1. The van der Waals surface area contributed by atoms with Crippen LogP contribution in [0.1, 0.15) is 5.69 Å². The Morgan fingerprint density at radius 2 is 2.31 bits per heavy atom. The van der Waals surface area contributed by atoms with Crippen molar-refractivity contribution in [3.63, 3.8) is 0 Å². The van der Waals surface area contributed by atoms with E-state index in [0.29, 0.717) is 16.5 Å². The average molecular weight is 198 g/mol. The molecular formula is C8H8ClN3O. The summed E-state index contributed by atoms with van der Waals surface area (Å²) >= 11 is 6.01. The largest absolute Gasteiger partial charge is 0.481 e. The lowest BCUT2D eigenvalue weighted by Crippen LogP contribution is -1.88. The van der Waals surface area contributed by atoms with E-state index >= 15 is 0 Å². The number of aryl methyl sites for hydroxylation is 1. The van der Waals surface area contributed by atoms with Gasteiger partial charge in [-0.05, 0) is 6.92 Å². The highest BCUT2D eigenvalue weighted by Crippen LogP contribution is 2.26. The first-order chi connectivity index (χ1) is 6.22. The first-order valence-corrected chi connectivity index (χ1v) is 4.15. The summed E-state index contributed by atoms with van der Waals surface area (Å²) in [6, 6.07) is 1.67. The molecule has 0 radical (unpaired) electrons. The van der Waals surface area contributed by atoms with Gasteiger partial charge in [-0.2, -0.15) is 10.1 Å². The van der Waals surface area contributed by atoms with Crippen molar-refractivity contribution in [2.24, 2.45) is 0 Å². The molecule has 2 heterocycles. The van der Waals surface area contributed by atoms with Crippen molar-refractivity contribution in [2.75, 3.05) is 7.11 Å². The Balaban J connectivity index is 2.79. The van der Waals surface area contributed by atoms with Crippen LogP contribution in [0, 0.1) is 6.92 Å². The molecule has 0 aliphatic rings. The zero-order valence-electron chi connectivity index (χ0n) is 7.26. The van der Waals surface area contributed by atoms with Gasteiger partial charge < -0.3 is 4.74 Å². The van der Waals surface area contributed by atoms with Crippen LogP contribution in [0.5, 0.6) is 5.88 Å². The van der Waals surface area contributed by atoms with Crippen LogP contribution in [0.25, 0.3) is 11.0 Å². The third-order valence-electron chi connectivity index (χ3n) is 1.84. The van der Waals surface area contributed by atoms with Gasteiger partial charge in [0.05, 0.1) is 17.5 Å². The number of H-pyrrole nitrogens is 1. The van der Waals surface area contributed by atoms with Crippen molar-refractivity contribution in [1.29, 1.82) is 0 Å². The highest BCUT2D eigenvalue weighted by atomic mass is 35.5. The topological polar surface area (TPSA) is 50.8 Å². The second kappa shape index (κ2) is 2.88. The van der Waals surface area contributed by atoms with Crippen LogP contribution in [0.15, 0.2) is 6.07 Å². The average Bonchev–Trinajstić information content (AvgIpc) is 2.48. The number of ether oxygens (including phenoxy) is 1. The summed E-state index contributed by atoms with van der Waals surface area (Å²) in [5.41, 5.74) is 1.50. The van der Waals surface area contributed by atoms with E-state index in [1.165, 1.54) is 0 Å². The lowest BCUT2D eigenvalue weighted by atomic mass is 10.3. The molecule has 0 aliphatic carbocycles. The summed E-state index contributed by atoms with van der Waals surface area (Å²) < 4.78 is 4.96. The summed E-state index contributed by atoms with van der Waals surface area (Å²) in [5.74, 6) is 0.476. The zero-order valence-corrected chi connectivity index (χ0v) is 8.01. The maximum Gasteiger partial charge on any atom is 0.216 e. The Bertz CT molecular complexity index is 452. The molecule has 0 bridgehead atoms. The maximum absolute atomic E-state index is 6.01. The number of pyridine rings is 1. The second-order valence-electron chi connectivity index (χ2n) is 2.69. The first-order valence-electron chi connectivity index (χ1n) is 3.77. The molecule has 0 saturated carbocycles. The summed E-state index contributed by atoms with van der Waals surface area (Å²) in [5, 5.41) is 8.26. The van der Waals surface area contributed by atoms with E-state index < -0.39 is 0 Å². The van der Waals surface area contributed by atoms with Crippen molar-refractivity contribution in [2.45, 2.75) is 6.92 Å². The van der Waals surface area contributed by atoms with Crippen molar-refractivity contribution in [1.82, 2.24) is 15.2 Å². The highest BCUT2D eigenvalue weighted by Gasteiger charge is 2.09. The zero-order chi connectivity index (χ0) is 9.42. The number of fused-ring (bicyclic) bond motifs is 1. The van der Waals surface area contributed by atoms with Gasteiger partial charge in [0.2, 0.25) is 5.88 Å².